The lowest BCUT2D eigenvalue weighted by atomic mass is 9.95. The molecule has 2 aromatic carbocycles. The van der Waals surface area contributed by atoms with Gasteiger partial charge in [0.1, 0.15) is 25.4 Å². The van der Waals surface area contributed by atoms with E-state index in [2.05, 4.69) is 10.6 Å². The third-order valence-corrected chi connectivity index (χ3v) is 7.77. The number of ether oxygens (including phenoxy) is 6. The SMILES string of the molecule is CC(=O)N[C@@H]1[C@@H](O[C@H](C)[C@H](NC(=O)OCC2c3ccccc3-c3ccccc32)C(=O)O)O[C@@H](COC(C)=O)[C@@H](OC(C)=O)[C@H]1OC(C)=O. The molecular weight excluding hydrogens is 632 g/mol. The van der Waals surface area contributed by atoms with Gasteiger partial charge in [-0.25, -0.2) is 9.59 Å². The van der Waals surface area contributed by atoms with Crippen LogP contribution in [0.4, 0.5) is 4.79 Å². The largest absolute Gasteiger partial charge is 0.480 e. The fourth-order valence-corrected chi connectivity index (χ4v) is 5.84. The van der Waals surface area contributed by atoms with Crippen molar-refractivity contribution in [2.45, 2.75) is 83.3 Å². The number of hydrogen-bond acceptors (Lipinski definition) is 12. The number of alkyl carbamates (subject to hydrolysis) is 1. The Kier molecular flexibility index (Phi) is 11.7. The van der Waals surface area contributed by atoms with E-state index >= 15 is 0 Å². The molecule has 0 radical (unpaired) electrons. The lowest BCUT2D eigenvalue weighted by Crippen LogP contribution is -2.67. The first kappa shape index (κ1) is 35.8. The molecule has 1 fully saturated rings. The summed E-state index contributed by atoms with van der Waals surface area (Å²) in [7, 11) is 0. The van der Waals surface area contributed by atoms with E-state index < -0.39 is 85.3 Å². The number of esters is 3. The van der Waals surface area contributed by atoms with Gasteiger partial charge in [0.25, 0.3) is 0 Å². The average molecular weight is 671 g/mol. The molecule has 0 spiro atoms. The maximum Gasteiger partial charge on any atom is 0.407 e. The third kappa shape index (κ3) is 8.66. The molecule has 15 nitrogen and oxygen atoms in total. The van der Waals surface area contributed by atoms with E-state index in [-0.39, 0.29) is 12.5 Å². The molecule has 258 valence electrons. The molecule has 15 heteroatoms. The molecule has 0 unspecified atom stereocenters. The molecule has 1 saturated heterocycles. The summed E-state index contributed by atoms with van der Waals surface area (Å²) < 4.78 is 33.2. The lowest BCUT2D eigenvalue weighted by Gasteiger charge is -2.45. The highest BCUT2D eigenvalue weighted by molar-refractivity contribution is 5.81. The van der Waals surface area contributed by atoms with Gasteiger partial charge in [-0.3, -0.25) is 19.2 Å². The van der Waals surface area contributed by atoms with Crippen LogP contribution in [0.15, 0.2) is 48.5 Å². The molecule has 2 amide bonds. The Morgan fingerprint density at radius 2 is 1.35 bits per heavy atom. The van der Waals surface area contributed by atoms with Gasteiger partial charge in [-0.2, -0.15) is 0 Å². The van der Waals surface area contributed by atoms with Gasteiger partial charge in [0.2, 0.25) is 5.91 Å². The first-order chi connectivity index (χ1) is 22.8. The van der Waals surface area contributed by atoms with Crippen molar-refractivity contribution in [1.29, 1.82) is 0 Å². The Morgan fingerprint density at radius 1 is 0.792 bits per heavy atom. The fourth-order valence-electron chi connectivity index (χ4n) is 5.84. The van der Waals surface area contributed by atoms with Crippen LogP contribution in [0.3, 0.4) is 0 Å². The summed E-state index contributed by atoms with van der Waals surface area (Å²) in [6.45, 7) is 5.26. The van der Waals surface area contributed by atoms with Gasteiger partial charge in [0.05, 0.1) is 6.10 Å². The predicted molar refractivity (Wildman–Crippen MR) is 164 cm³/mol. The van der Waals surface area contributed by atoms with Crippen molar-refractivity contribution in [3.05, 3.63) is 59.7 Å². The highest BCUT2D eigenvalue weighted by atomic mass is 16.7. The summed E-state index contributed by atoms with van der Waals surface area (Å²) in [6.07, 6.45) is -7.98. The number of carboxylic acids is 1. The molecule has 4 rings (SSSR count). The van der Waals surface area contributed by atoms with Crippen LogP contribution in [-0.4, -0.2) is 97.0 Å². The monoisotopic (exact) mass is 670 g/mol. The predicted octanol–water partition coefficient (Wildman–Crippen LogP) is 2.04. The number of rotatable bonds is 12. The van der Waals surface area contributed by atoms with E-state index in [1.165, 1.54) is 6.92 Å². The van der Waals surface area contributed by atoms with Crippen LogP contribution in [0.2, 0.25) is 0 Å². The van der Waals surface area contributed by atoms with E-state index in [1.54, 1.807) is 0 Å². The van der Waals surface area contributed by atoms with Crippen molar-refractivity contribution in [3.8, 4) is 11.1 Å². The molecule has 0 aromatic heterocycles. The molecule has 2 aliphatic rings. The molecule has 3 N–H and O–H groups in total. The number of nitrogens with one attached hydrogen (secondary N) is 2. The van der Waals surface area contributed by atoms with Crippen LogP contribution in [-0.2, 0) is 52.4 Å². The van der Waals surface area contributed by atoms with Crippen molar-refractivity contribution in [2.24, 2.45) is 0 Å². The third-order valence-electron chi connectivity index (χ3n) is 7.77. The Hall–Kier alpha value is -5.02. The van der Waals surface area contributed by atoms with Gasteiger partial charge in [-0.1, -0.05) is 48.5 Å². The highest BCUT2D eigenvalue weighted by Crippen LogP contribution is 2.44. The normalized spacial score (nSPS) is 22.6. The van der Waals surface area contributed by atoms with Crippen LogP contribution < -0.4 is 10.6 Å². The summed E-state index contributed by atoms with van der Waals surface area (Å²) in [6, 6.07) is 12.4. The number of carboxylic acid groups (broad SMARTS) is 1. The molecule has 1 aliphatic carbocycles. The van der Waals surface area contributed by atoms with Crippen LogP contribution >= 0.6 is 0 Å². The fraction of sp³-hybridized carbons (Fsp3) is 0.455. The van der Waals surface area contributed by atoms with Crippen molar-refractivity contribution >= 4 is 35.9 Å². The van der Waals surface area contributed by atoms with Crippen molar-refractivity contribution in [2.75, 3.05) is 13.2 Å². The zero-order valence-corrected chi connectivity index (χ0v) is 27.0. The van der Waals surface area contributed by atoms with Gasteiger partial charge in [0.15, 0.2) is 24.5 Å². The van der Waals surface area contributed by atoms with E-state index in [0.29, 0.717) is 0 Å². The number of amides is 2. The van der Waals surface area contributed by atoms with Gasteiger partial charge < -0.3 is 44.2 Å². The standard InChI is InChI=1S/C33H38N2O13/c1-16(27(31(40)41)35-33(42)44-14-25-23-12-8-6-10-21(23)22-11-7-9-13-24(22)25)45-32-28(34-17(2)36)30(47-20(5)39)29(46-19(4)38)26(48-32)15-43-18(3)37/h6-13,16,25-30,32H,14-15H2,1-5H3,(H,34,36)(H,35,42)(H,40,41)/t16-,26+,27+,28+,29-,30+,32+/m1/s1. The number of aliphatic carboxylic acids is 1. The number of benzene rings is 2. The summed E-state index contributed by atoms with van der Waals surface area (Å²) in [5.41, 5.74) is 3.97. The molecular formula is C33H38N2O13. The smallest absolute Gasteiger partial charge is 0.407 e. The van der Waals surface area contributed by atoms with E-state index in [4.69, 9.17) is 28.4 Å². The van der Waals surface area contributed by atoms with Crippen molar-refractivity contribution in [1.82, 2.24) is 10.6 Å². The second kappa shape index (κ2) is 15.7. The second-order valence-electron chi connectivity index (χ2n) is 11.3. The van der Waals surface area contributed by atoms with E-state index in [9.17, 15) is 33.9 Å². The van der Waals surface area contributed by atoms with Gasteiger partial charge in [-0.05, 0) is 29.2 Å². The van der Waals surface area contributed by atoms with Crippen LogP contribution in [0.1, 0.15) is 51.7 Å². The Bertz CT molecular complexity index is 1500. The van der Waals surface area contributed by atoms with Gasteiger partial charge >= 0.3 is 30.0 Å². The summed E-state index contributed by atoms with van der Waals surface area (Å²) in [5.74, 6) is -4.67. The number of carbonyl (C=O) groups excluding carboxylic acids is 5. The minimum Gasteiger partial charge on any atom is -0.480 e. The summed E-state index contributed by atoms with van der Waals surface area (Å²) >= 11 is 0. The second-order valence-corrected chi connectivity index (χ2v) is 11.3. The summed E-state index contributed by atoms with van der Waals surface area (Å²) in [5, 5.41) is 14.9. The quantitative estimate of drug-likeness (QED) is 0.219. The molecule has 7 atom stereocenters. The first-order valence-corrected chi connectivity index (χ1v) is 15.2. The molecule has 1 heterocycles. The van der Waals surface area contributed by atoms with Crippen molar-refractivity contribution in [3.63, 3.8) is 0 Å². The van der Waals surface area contributed by atoms with Gasteiger partial charge in [-0.15, -0.1) is 0 Å². The minimum atomic E-state index is -1.69. The van der Waals surface area contributed by atoms with Crippen LogP contribution in [0.25, 0.3) is 11.1 Å². The maximum absolute atomic E-state index is 13.0. The number of fused-ring (bicyclic) bond motifs is 3. The highest BCUT2D eigenvalue weighted by Gasteiger charge is 2.52. The van der Waals surface area contributed by atoms with E-state index in [1.807, 2.05) is 48.5 Å². The molecule has 2 aromatic rings. The minimum absolute atomic E-state index is 0.0722. The van der Waals surface area contributed by atoms with Gasteiger partial charge in [0, 0.05) is 33.6 Å². The zero-order valence-electron chi connectivity index (χ0n) is 27.0. The Morgan fingerprint density at radius 3 is 1.88 bits per heavy atom. The lowest BCUT2D eigenvalue weighted by molar-refractivity contribution is -0.287. The van der Waals surface area contributed by atoms with E-state index in [0.717, 1.165) is 49.9 Å². The number of carbonyl (C=O) groups is 6. The Labute approximate surface area is 276 Å². The zero-order chi connectivity index (χ0) is 35.1. The molecule has 0 saturated carbocycles. The topological polar surface area (TPSA) is 202 Å². The number of hydrogen-bond donors (Lipinski definition) is 3. The molecule has 0 bridgehead atoms. The van der Waals surface area contributed by atoms with Crippen LogP contribution in [0, 0.1) is 0 Å². The van der Waals surface area contributed by atoms with Crippen molar-refractivity contribution < 1.29 is 62.3 Å². The molecule has 48 heavy (non-hydrogen) atoms. The van der Waals surface area contributed by atoms with Crippen LogP contribution in [0.5, 0.6) is 0 Å². The average Bonchev–Trinajstić information content (AvgIpc) is 3.33. The molecule has 1 aliphatic heterocycles. The summed E-state index contributed by atoms with van der Waals surface area (Å²) in [4.78, 5) is 73.2. The first-order valence-electron chi connectivity index (χ1n) is 15.2. The Balaban J connectivity index is 1.52. The maximum atomic E-state index is 13.0.